The Kier molecular flexibility index (Phi) is 4.27. The van der Waals surface area contributed by atoms with Crippen molar-refractivity contribution in [3.05, 3.63) is 69.8 Å². The smallest absolute Gasteiger partial charge is 0.143 e. The fourth-order valence-electron chi connectivity index (χ4n) is 2.91. The number of anilines is 2. The van der Waals surface area contributed by atoms with Crippen LogP contribution in [0.5, 0.6) is 0 Å². The van der Waals surface area contributed by atoms with E-state index in [-0.39, 0.29) is 0 Å². The number of hydrogen-bond acceptors (Lipinski definition) is 4. The third-order valence-corrected chi connectivity index (χ3v) is 5.60. The highest BCUT2D eigenvalue weighted by Crippen LogP contribution is 2.41. The predicted octanol–water partition coefficient (Wildman–Crippen LogP) is 6.48. The Bertz CT molecular complexity index is 1050. The molecule has 0 fully saturated rings. The van der Waals surface area contributed by atoms with E-state index in [1.807, 2.05) is 24.3 Å². The lowest BCUT2D eigenvalue weighted by molar-refractivity contribution is 1.23. The number of rotatable bonds is 3. The second kappa shape index (κ2) is 6.58. The number of nitrogens with zero attached hydrogens (tertiary/aromatic N) is 2. The normalized spacial score (nSPS) is 11.0. The maximum Gasteiger partial charge on any atom is 0.143 e. The summed E-state index contributed by atoms with van der Waals surface area (Å²) in [5, 5.41) is 4.53. The standard InChI is InChI=1S/C20H16BrN3S/c1-12-6-8-14(9-7-12)17-13(2)25-20-18(17)19(22-11-23-20)24-16-5-3-4-15(21)10-16/h3-11H,1-2H3,(H,22,23,24). The Hall–Kier alpha value is -2.24. The van der Waals surface area contributed by atoms with Crippen LogP contribution in [0, 0.1) is 13.8 Å². The number of fused-ring (bicyclic) bond motifs is 1. The van der Waals surface area contributed by atoms with Crippen molar-refractivity contribution in [2.45, 2.75) is 13.8 Å². The van der Waals surface area contributed by atoms with Crippen LogP contribution in [0.2, 0.25) is 0 Å². The first-order valence-electron chi connectivity index (χ1n) is 7.95. The van der Waals surface area contributed by atoms with E-state index in [9.17, 15) is 0 Å². The molecule has 4 rings (SSSR count). The van der Waals surface area contributed by atoms with Crippen molar-refractivity contribution in [2.75, 3.05) is 5.32 Å². The second-order valence-electron chi connectivity index (χ2n) is 5.94. The zero-order valence-electron chi connectivity index (χ0n) is 13.9. The third kappa shape index (κ3) is 3.17. The van der Waals surface area contributed by atoms with Crippen molar-refractivity contribution in [1.29, 1.82) is 0 Å². The van der Waals surface area contributed by atoms with Crippen LogP contribution in [0.25, 0.3) is 21.3 Å². The maximum absolute atomic E-state index is 4.52. The minimum absolute atomic E-state index is 0.836. The van der Waals surface area contributed by atoms with E-state index in [1.54, 1.807) is 17.7 Å². The van der Waals surface area contributed by atoms with E-state index in [4.69, 9.17) is 0 Å². The van der Waals surface area contributed by atoms with Crippen LogP contribution in [0.4, 0.5) is 11.5 Å². The molecule has 0 amide bonds. The highest BCUT2D eigenvalue weighted by Gasteiger charge is 2.16. The van der Waals surface area contributed by atoms with Crippen LogP contribution >= 0.6 is 27.3 Å². The molecule has 0 atom stereocenters. The van der Waals surface area contributed by atoms with Crippen LogP contribution in [-0.2, 0) is 0 Å². The van der Waals surface area contributed by atoms with Crippen molar-refractivity contribution < 1.29 is 0 Å². The lowest BCUT2D eigenvalue weighted by Gasteiger charge is -2.09. The zero-order chi connectivity index (χ0) is 17.4. The van der Waals surface area contributed by atoms with Crippen LogP contribution < -0.4 is 5.32 Å². The summed E-state index contributed by atoms with van der Waals surface area (Å²) in [6, 6.07) is 16.7. The van der Waals surface area contributed by atoms with E-state index in [0.29, 0.717) is 0 Å². The Morgan fingerprint density at radius 1 is 1.00 bits per heavy atom. The fourth-order valence-corrected chi connectivity index (χ4v) is 4.32. The second-order valence-corrected chi connectivity index (χ2v) is 8.06. The summed E-state index contributed by atoms with van der Waals surface area (Å²) in [6.45, 7) is 4.25. The molecule has 2 aromatic carbocycles. The van der Waals surface area contributed by atoms with Gasteiger partial charge in [0.05, 0.1) is 5.39 Å². The predicted molar refractivity (Wildman–Crippen MR) is 110 cm³/mol. The van der Waals surface area contributed by atoms with Gasteiger partial charge < -0.3 is 5.32 Å². The third-order valence-electron chi connectivity index (χ3n) is 4.09. The first kappa shape index (κ1) is 16.2. The summed E-state index contributed by atoms with van der Waals surface area (Å²) in [5.41, 5.74) is 4.65. The summed E-state index contributed by atoms with van der Waals surface area (Å²) >= 11 is 5.22. The molecule has 0 unspecified atom stereocenters. The summed E-state index contributed by atoms with van der Waals surface area (Å²) in [5.74, 6) is 0.836. The van der Waals surface area contributed by atoms with Gasteiger partial charge in [0.1, 0.15) is 17.0 Å². The van der Waals surface area contributed by atoms with Crippen molar-refractivity contribution in [2.24, 2.45) is 0 Å². The largest absolute Gasteiger partial charge is 0.340 e. The lowest BCUT2D eigenvalue weighted by atomic mass is 10.0. The lowest BCUT2D eigenvalue weighted by Crippen LogP contribution is -1.95. The van der Waals surface area contributed by atoms with Gasteiger partial charge in [-0.3, -0.25) is 0 Å². The molecule has 3 nitrogen and oxygen atoms in total. The molecule has 0 aliphatic heterocycles. The van der Waals surface area contributed by atoms with Crippen molar-refractivity contribution in [3.8, 4) is 11.1 Å². The Morgan fingerprint density at radius 3 is 2.56 bits per heavy atom. The van der Waals surface area contributed by atoms with Gasteiger partial charge in [-0.25, -0.2) is 9.97 Å². The minimum atomic E-state index is 0.836. The van der Waals surface area contributed by atoms with Gasteiger partial charge in [0.15, 0.2) is 0 Å². The van der Waals surface area contributed by atoms with E-state index in [1.165, 1.54) is 21.6 Å². The number of aromatic nitrogens is 2. The van der Waals surface area contributed by atoms with Crippen molar-refractivity contribution in [3.63, 3.8) is 0 Å². The molecule has 2 aromatic heterocycles. The van der Waals surface area contributed by atoms with Gasteiger partial charge in [-0.2, -0.15) is 0 Å². The molecule has 0 bridgehead atoms. The monoisotopic (exact) mass is 409 g/mol. The summed E-state index contributed by atoms with van der Waals surface area (Å²) in [4.78, 5) is 11.2. The van der Waals surface area contributed by atoms with Gasteiger partial charge in [0, 0.05) is 20.6 Å². The topological polar surface area (TPSA) is 37.8 Å². The number of hydrogen-bond donors (Lipinski definition) is 1. The van der Waals surface area contributed by atoms with Crippen LogP contribution in [0.3, 0.4) is 0 Å². The molecule has 1 N–H and O–H groups in total. The summed E-state index contributed by atoms with van der Waals surface area (Å²) in [7, 11) is 0. The molecule has 25 heavy (non-hydrogen) atoms. The van der Waals surface area contributed by atoms with Gasteiger partial charge in [-0.1, -0.05) is 51.8 Å². The molecule has 4 aromatic rings. The zero-order valence-corrected chi connectivity index (χ0v) is 16.3. The quantitative estimate of drug-likeness (QED) is 0.420. The summed E-state index contributed by atoms with van der Waals surface area (Å²) in [6.07, 6.45) is 1.62. The molecule has 5 heteroatoms. The van der Waals surface area contributed by atoms with Crippen LogP contribution in [0.15, 0.2) is 59.3 Å². The molecule has 2 heterocycles. The minimum Gasteiger partial charge on any atom is -0.340 e. The Balaban J connectivity index is 1.89. The van der Waals surface area contributed by atoms with Gasteiger partial charge in [0.2, 0.25) is 0 Å². The van der Waals surface area contributed by atoms with E-state index in [0.717, 1.165) is 26.2 Å². The highest BCUT2D eigenvalue weighted by molar-refractivity contribution is 9.10. The number of aryl methyl sites for hydroxylation is 2. The molecular formula is C20H16BrN3S. The van der Waals surface area contributed by atoms with Crippen molar-refractivity contribution >= 4 is 49.0 Å². The number of thiophene rings is 1. The molecule has 124 valence electrons. The Morgan fingerprint density at radius 2 is 1.80 bits per heavy atom. The van der Waals surface area contributed by atoms with E-state index in [2.05, 4.69) is 69.3 Å². The number of benzene rings is 2. The molecule has 0 aliphatic rings. The molecular weight excluding hydrogens is 394 g/mol. The van der Waals surface area contributed by atoms with E-state index < -0.39 is 0 Å². The van der Waals surface area contributed by atoms with Crippen LogP contribution in [0.1, 0.15) is 10.4 Å². The first-order valence-corrected chi connectivity index (χ1v) is 9.56. The number of halogens is 1. The molecule has 0 saturated carbocycles. The SMILES string of the molecule is Cc1ccc(-c2c(C)sc3ncnc(Nc4cccc(Br)c4)c23)cc1. The molecule has 0 spiro atoms. The summed E-state index contributed by atoms with van der Waals surface area (Å²) < 4.78 is 1.03. The maximum atomic E-state index is 4.52. The van der Waals surface area contributed by atoms with Crippen LogP contribution in [-0.4, -0.2) is 9.97 Å². The van der Waals surface area contributed by atoms with E-state index >= 15 is 0 Å². The number of nitrogens with one attached hydrogen (secondary N) is 1. The molecule has 0 aliphatic carbocycles. The average molecular weight is 410 g/mol. The average Bonchev–Trinajstić information content (AvgIpc) is 2.93. The first-order chi connectivity index (χ1) is 12.1. The van der Waals surface area contributed by atoms with Crippen molar-refractivity contribution in [1.82, 2.24) is 9.97 Å². The Labute approximate surface area is 158 Å². The van der Waals surface area contributed by atoms with Gasteiger partial charge >= 0.3 is 0 Å². The molecule has 0 radical (unpaired) electrons. The van der Waals surface area contributed by atoms with Gasteiger partial charge in [0.25, 0.3) is 0 Å². The van der Waals surface area contributed by atoms with Gasteiger partial charge in [-0.05, 0) is 37.6 Å². The molecule has 0 saturated heterocycles. The van der Waals surface area contributed by atoms with Gasteiger partial charge in [-0.15, -0.1) is 11.3 Å². The fraction of sp³-hybridized carbons (Fsp3) is 0.100. The highest BCUT2D eigenvalue weighted by atomic mass is 79.9.